The van der Waals surface area contributed by atoms with E-state index >= 15 is 0 Å². The largest absolute Gasteiger partial charge is 0.493 e. The Morgan fingerprint density at radius 3 is 2.38 bits per heavy atom. The molecule has 1 aromatic carbocycles. The molecular formula is C13H20BrNO. The van der Waals surface area contributed by atoms with Gasteiger partial charge in [0.1, 0.15) is 5.75 Å². The monoisotopic (exact) mass is 285 g/mol. The first-order valence-corrected chi connectivity index (χ1v) is 6.64. The quantitative estimate of drug-likeness (QED) is 0.790. The normalized spacial score (nSPS) is 10.8. The maximum atomic E-state index is 5.49. The van der Waals surface area contributed by atoms with Gasteiger partial charge in [0, 0.05) is 6.54 Å². The lowest BCUT2D eigenvalue weighted by Gasteiger charge is -2.18. The third-order valence-electron chi connectivity index (χ3n) is 2.60. The molecule has 0 aromatic heterocycles. The molecular weight excluding hydrogens is 266 g/mol. The molecule has 2 nitrogen and oxygen atoms in total. The number of ether oxygens (including phenoxy) is 1. The van der Waals surface area contributed by atoms with Crippen LogP contribution in [0.2, 0.25) is 0 Å². The minimum Gasteiger partial charge on any atom is -0.493 e. The molecule has 0 heterocycles. The SMILES string of the molecule is CCOc1ccc(CN(CC)CC)cc1Br. The van der Waals surface area contributed by atoms with Gasteiger partial charge in [-0.15, -0.1) is 0 Å². The molecule has 0 spiro atoms. The lowest BCUT2D eigenvalue weighted by Crippen LogP contribution is -2.22. The van der Waals surface area contributed by atoms with Crippen LogP contribution in [0.25, 0.3) is 0 Å². The van der Waals surface area contributed by atoms with E-state index in [0.29, 0.717) is 6.61 Å². The van der Waals surface area contributed by atoms with Gasteiger partial charge in [0.05, 0.1) is 11.1 Å². The Hall–Kier alpha value is -0.540. The van der Waals surface area contributed by atoms with Crippen LogP contribution >= 0.6 is 15.9 Å². The average molecular weight is 286 g/mol. The van der Waals surface area contributed by atoms with Gasteiger partial charge in [-0.2, -0.15) is 0 Å². The van der Waals surface area contributed by atoms with Crippen LogP contribution in [0.5, 0.6) is 5.75 Å². The van der Waals surface area contributed by atoms with Crippen molar-refractivity contribution in [1.29, 1.82) is 0 Å². The van der Waals surface area contributed by atoms with Gasteiger partial charge < -0.3 is 4.74 Å². The Bertz CT molecular complexity index is 324. The van der Waals surface area contributed by atoms with Gasteiger partial charge in [-0.1, -0.05) is 19.9 Å². The van der Waals surface area contributed by atoms with Crippen LogP contribution in [0.15, 0.2) is 22.7 Å². The van der Waals surface area contributed by atoms with E-state index in [1.165, 1.54) is 5.56 Å². The molecule has 0 fully saturated rings. The van der Waals surface area contributed by atoms with Crippen molar-refractivity contribution < 1.29 is 4.74 Å². The van der Waals surface area contributed by atoms with Crippen LogP contribution in [0, 0.1) is 0 Å². The Morgan fingerprint density at radius 1 is 1.19 bits per heavy atom. The maximum Gasteiger partial charge on any atom is 0.133 e. The van der Waals surface area contributed by atoms with Gasteiger partial charge >= 0.3 is 0 Å². The molecule has 1 aromatic rings. The van der Waals surface area contributed by atoms with Crippen molar-refractivity contribution in [3.8, 4) is 5.75 Å². The van der Waals surface area contributed by atoms with Crippen molar-refractivity contribution in [2.24, 2.45) is 0 Å². The minimum absolute atomic E-state index is 0.702. The molecule has 0 radical (unpaired) electrons. The highest BCUT2D eigenvalue weighted by Crippen LogP contribution is 2.26. The molecule has 0 atom stereocenters. The molecule has 0 unspecified atom stereocenters. The van der Waals surface area contributed by atoms with Crippen molar-refractivity contribution in [3.63, 3.8) is 0 Å². The topological polar surface area (TPSA) is 12.5 Å². The van der Waals surface area contributed by atoms with Crippen molar-refractivity contribution in [1.82, 2.24) is 4.90 Å². The molecule has 1 rings (SSSR count). The molecule has 0 amide bonds. The van der Waals surface area contributed by atoms with E-state index in [1.807, 2.05) is 13.0 Å². The molecule has 0 saturated carbocycles. The summed E-state index contributed by atoms with van der Waals surface area (Å²) in [7, 11) is 0. The number of rotatable bonds is 6. The van der Waals surface area contributed by atoms with E-state index in [2.05, 4.69) is 46.8 Å². The van der Waals surface area contributed by atoms with Gasteiger partial charge in [0.15, 0.2) is 0 Å². The smallest absolute Gasteiger partial charge is 0.133 e. The number of benzene rings is 1. The van der Waals surface area contributed by atoms with Crippen LogP contribution in [0.4, 0.5) is 0 Å². The van der Waals surface area contributed by atoms with E-state index in [1.54, 1.807) is 0 Å². The first-order valence-electron chi connectivity index (χ1n) is 5.84. The number of nitrogens with zero attached hydrogens (tertiary/aromatic N) is 1. The summed E-state index contributed by atoms with van der Waals surface area (Å²) in [6.07, 6.45) is 0. The number of hydrogen-bond acceptors (Lipinski definition) is 2. The average Bonchev–Trinajstić information content (AvgIpc) is 2.29. The fourth-order valence-electron chi connectivity index (χ4n) is 1.62. The minimum atomic E-state index is 0.702. The molecule has 0 aliphatic heterocycles. The Kier molecular flexibility index (Phi) is 5.85. The Labute approximate surface area is 107 Å². The third-order valence-corrected chi connectivity index (χ3v) is 3.22. The van der Waals surface area contributed by atoms with Crippen molar-refractivity contribution in [3.05, 3.63) is 28.2 Å². The molecule has 0 N–H and O–H groups in total. The van der Waals surface area contributed by atoms with Crippen LogP contribution in [0.3, 0.4) is 0 Å². The highest BCUT2D eigenvalue weighted by atomic mass is 79.9. The number of hydrogen-bond donors (Lipinski definition) is 0. The summed E-state index contributed by atoms with van der Waals surface area (Å²) in [4.78, 5) is 2.39. The van der Waals surface area contributed by atoms with E-state index in [4.69, 9.17) is 4.74 Å². The van der Waals surface area contributed by atoms with Crippen molar-refractivity contribution in [2.45, 2.75) is 27.3 Å². The second-order valence-electron chi connectivity index (χ2n) is 3.66. The summed E-state index contributed by atoms with van der Waals surface area (Å²) in [5, 5.41) is 0. The highest BCUT2D eigenvalue weighted by molar-refractivity contribution is 9.10. The van der Waals surface area contributed by atoms with E-state index in [0.717, 1.165) is 29.9 Å². The molecule has 3 heteroatoms. The zero-order chi connectivity index (χ0) is 12.0. The zero-order valence-corrected chi connectivity index (χ0v) is 11.9. The van der Waals surface area contributed by atoms with Gasteiger partial charge in [-0.05, 0) is 53.6 Å². The van der Waals surface area contributed by atoms with Gasteiger partial charge in [0.2, 0.25) is 0 Å². The standard InChI is InChI=1S/C13H20BrNO/c1-4-15(5-2)10-11-7-8-13(16-6-3)12(14)9-11/h7-9H,4-6,10H2,1-3H3. The molecule has 0 aliphatic rings. The van der Waals surface area contributed by atoms with Crippen LogP contribution < -0.4 is 4.74 Å². The predicted octanol–water partition coefficient (Wildman–Crippen LogP) is 3.69. The summed E-state index contributed by atoms with van der Waals surface area (Å²) in [6, 6.07) is 6.31. The maximum absolute atomic E-state index is 5.49. The van der Waals surface area contributed by atoms with Crippen molar-refractivity contribution in [2.75, 3.05) is 19.7 Å². The van der Waals surface area contributed by atoms with Gasteiger partial charge in [0.25, 0.3) is 0 Å². The molecule has 90 valence electrons. The van der Waals surface area contributed by atoms with Gasteiger partial charge in [-0.3, -0.25) is 4.90 Å². The first-order chi connectivity index (χ1) is 7.71. The summed E-state index contributed by atoms with van der Waals surface area (Å²) in [6.45, 7) is 10.2. The van der Waals surface area contributed by atoms with Crippen LogP contribution in [-0.2, 0) is 6.54 Å². The highest BCUT2D eigenvalue weighted by Gasteiger charge is 2.05. The Morgan fingerprint density at radius 2 is 1.88 bits per heavy atom. The molecule has 16 heavy (non-hydrogen) atoms. The fraction of sp³-hybridized carbons (Fsp3) is 0.538. The number of halogens is 1. The summed E-state index contributed by atoms with van der Waals surface area (Å²) < 4.78 is 6.53. The molecule has 0 saturated heterocycles. The summed E-state index contributed by atoms with van der Waals surface area (Å²) in [5.74, 6) is 0.922. The predicted molar refractivity (Wildman–Crippen MR) is 71.9 cm³/mol. The Balaban J connectivity index is 2.72. The van der Waals surface area contributed by atoms with Crippen molar-refractivity contribution >= 4 is 15.9 Å². The van der Waals surface area contributed by atoms with E-state index in [9.17, 15) is 0 Å². The van der Waals surface area contributed by atoms with Crippen LogP contribution in [0.1, 0.15) is 26.3 Å². The fourth-order valence-corrected chi connectivity index (χ4v) is 2.16. The second-order valence-corrected chi connectivity index (χ2v) is 4.51. The van der Waals surface area contributed by atoms with E-state index in [-0.39, 0.29) is 0 Å². The van der Waals surface area contributed by atoms with Gasteiger partial charge in [-0.25, -0.2) is 0 Å². The summed E-state index contributed by atoms with van der Waals surface area (Å²) >= 11 is 3.54. The lowest BCUT2D eigenvalue weighted by atomic mass is 10.2. The lowest BCUT2D eigenvalue weighted by molar-refractivity contribution is 0.295. The van der Waals surface area contributed by atoms with Crippen LogP contribution in [-0.4, -0.2) is 24.6 Å². The molecule has 0 aliphatic carbocycles. The molecule has 0 bridgehead atoms. The first kappa shape index (κ1) is 13.5. The second kappa shape index (κ2) is 6.92. The zero-order valence-electron chi connectivity index (χ0n) is 10.3. The van der Waals surface area contributed by atoms with E-state index < -0.39 is 0 Å². The summed E-state index contributed by atoms with van der Waals surface area (Å²) in [5.41, 5.74) is 1.32. The third kappa shape index (κ3) is 3.80.